The van der Waals surface area contributed by atoms with Crippen LogP contribution in [0.3, 0.4) is 0 Å². The number of nitrogens with two attached hydrogens (primary N) is 1. The number of carbonyl (C=O) groups is 1. The van der Waals surface area contributed by atoms with E-state index in [0.717, 1.165) is 20.9 Å². The zero-order chi connectivity index (χ0) is 11.5. The lowest BCUT2D eigenvalue weighted by Gasteiger charge is -2.09. The fourth-order valence-corrected chi connectivity index (χ4v) is 2.01. The maximum Gasteiger partial charge on any atom is 0.333 e. The van der Waals surface area contributed by atoms with Crippen molar-refractivity contribution in [3.8, 4) is 0 Å². The van der Waals surface area contributed by atoms with Crippen LogP contribution in [0.2, 0.25) is 0 Å². The van der Waals surface area contributed by atoms with Gasteiger partial charge in [0.05, 0.1) is 5.69 Å². The molecule has 0 saturated heterocycles. The summed E-state index contributed by atoms with van der Waals surface area (Å²) in [5.74, 6) is 5.02. The number of nitrogens with one attached hydrogen (secondary N) is 2. The molecule has 0 bridgehead atoms. The molecule has 2 aromatic rings. The Morgan fingerprint density at radius 1 is 1.12 bits per heavy atom. The monoisotopic (exact) mass is 279 g/mol. The van der Waals surface area contributed by atoms with Crippen molar-refractivity contribution in [1.82, 2.24) is 5.43 Å². The molecular weight excluding hydrogens is 270 g/mol. The highest BCUT2D eigenvalue weighted by molar-refractivity contribution is 9.10. The molecule has 0 aliphatic heterocycles. The van der Waals surface area contributed by atoms with Gasteiger partial charge in [0.25, 0.3) is 0 Å². The molecule has 0 spiro atoms. The largest absolute Gasteiger partial charge is 0.333 e. The lowest BCUT2D eigenvalue weighted by atomic mass is 10.1. The Balaban J connectivity index is 2.54. The van der Waals surface area contributed by atoms with E-state index in [2.05, 4.69) is 21.2 Å². The maximum absolute atomic E-state index is 11.2. The van der Waals surface area contributed by atoms with Gasteiger partial charge >= 0.3 is 6.03 Å². The first-order valence-corrected chi connectivity index (χ1v) is 5.46. The fourth-order valence-electron chi connectivity index (χ4n) is 1.53. The van der Waals surface area contributed by atoms with Gasteiger partial charge in [-0.05, 0) is 17.5 Å². The Kier molecular flexibility index (Phi) is 3.07. The summed E-state index contributed by atoms with van der Waals surface area (Å²) in [4.78, 5) is 11.2. The van der Waals surface area contributed by atoms with E-state index in [-0.39, 0.29) is 0 Å². The number of anilines is 1. The molecule has 2 aromatic carbocycles. The highest BCUT2D eigenvalue weighted by Gasteiger charge is 2.05. The first-order valence-electron chi connectivity index (χ1n) is 4.67. The van der Waals surface area contributed by atoms with E-state index in [1.54, 1.807) is 0 Å². The van der Waals surface area contributed by atoms with Crippen LogP contribution in [0.15, 0.2) is 40.9 Å². The molecule has 0 fully saturated rings. The molecule has 0 atom stereocenters. The summed E-state index contributed by atoms with van der Waals surface area (Å²) in [6.45, 7) is 0. The highest BCUT2D eigenvalue weighted by Crippen LogP contribution is 2.29. The van der Waals surface area contributed by atoms with Gasteiger partial charge in [0.1, 0.15) is 0 Å². The summed E-state index contributed by atoms with van der Waals surface area (Å²) >= 11 is 3.46. The summed E-state index contributed by atoms with van der Waals surface area (Å²) in [7, 11) is 0. The van der Waals surface area contributed by atoms with Gasteiger partial charge in [0.2, 0.25) is 0 Å². The van der Waals surface area contributed by atoms with E-state index in [0.29, 0.717) is 0 Å². The van der Waals surface area contributed by atoms with Gasteiger partial charge in [-0.3, -0.25) is 5.43 Å². The predicted octanol–water partition coefficient (Wildman–Crippen LogP) is 2.60. The van der Waals surface area contributed by atoms with Crippen LogP contribution in [0.4, 0.5) is 10.5 Å². The average molecular weight is 280 g/mol. The molecule has 0 aromatic heterocycles. The smallest absolute Gasteiger partial charge is 0.306 e. The minimum absolute atomic E-state index is 0.438. The van der Waals surface area contributed by atoms with Gasteiger partial charge < -0.3 is 5.32 Å². The number of carbonyl (C=O) groups excluding carboxylic acids is 1. The van der Waals surface area contributed by atoms with E-state index in [1.807, 2.05) is 41.8 Å². The van der Waals surface area contributed by atoms with Gasteiger partial charge in [-0.1, -0.05) is 40.2 Å². The molecule has 2 amide bonds. The molecule has 0 aliphatic rings. The molecule has 5 heteroatoms. The predicted molar refractivity (Wildman–Crippen MR) is 68.0 cm³/mol. The molecule has 0 saturated carbocycles. The fraction of sp³-hybridized carbons (Fsp3) is 0. The Hall–Kier alpha value is -1.59. The second-order valence-electron chi connectivity index (χ2n) is 3.24. The van der Waals surface area contributed by atoms with Crippen LogP contribution in [0, 0.1) is 0 Å². The van der Waals surface area contributed by atoms with Crippen molar-refractivity contribution in [3.05, 3.63) is 40.9 Å². The summed E-state index contributed by atoms with van der Waals surface area (Å²) < 4.78 is 0.988. The quantitative estimate of drug-likeness (QED) is 0.427. The van der Waals surface area contributed by atoms with E-state index in [9.17, 15) is 4.79 Å². The molecule has 0 radical (unpaired) electrons. The second-order valence-corrected chi connectivity index (χ2v) is 4.09. The summed E-state index contributed by atoms with van der Waals surface area (Å²) in [5.41, 5.74) is 2.75. The molecular formula is C11H10BrN3O. The molecule has 4 N–H and O–H groups in total. The van der Waals surface area contributed by atoms with Gasteiger partial charge in [0.15, 0.2) is 0 Å². The first kappa shape index (κ1) is 10.9. The van der Waals surface area contributed by atoms with Crippen molar-refractivity contribution < 1.29 is 4.79 Å². The average Bonchev–Trinajstić information content (AvgIpc) is 2.33. The van der Waals surface area contributed by atoms with Crippen molar-refractivity contribution in [2.45, 2.75) is 0 Å². The summed E-state index contributed by atoms with van der Waals surface area (Å²) in [6.07, 6.45) is 0. The van der Waals surface area contributed by atoms with Crippen molar-refractivity contribution in [1.29, 1.82) is 0 Å². The molecule has 16 heavy (non-hydrogen) atoms. The SMILES string of the molecule is NNC(=O)Nc1ccc(Br)c2ccccc12. The molecule has 4 nitrogen and oxygen atoms in total. The maximum atomic E-state index is 11.2. The van der Waals surface area contributed by atoms with Crippen molar-refractivity contribution in [3.63, 3.8) is 0 Å². The molecule has 0 aliphatic carbocycles. The molecule has 2 rings (SSSR count). The van der Waals surface area contributed by atoms with Crippen LogP contribution < -0.4 is 16.6 Å². The van der Waals surface area contributed by atoms with Crippen molar-refractivity contribution in [2.75, 3.05) is 5.32 Å². The van der Waals surface area contributed by atoms with E-state index < -0.39 is 6.03 Å². The Morgan fingerprint density at radius 3 is 2.50 bits per heavy atom. The lowest BCUT2D eigenvalue weighted by molar-refractivity contribution is 0.252. The van der Waals surface area contributed by atoms with Crippen LogP contribution >= 0.6 is 15.9 Å². The van der Waals surface area contributed by atoms with Gasteiger partial charge in [-0.15, -0.1) is 0 Å². The number of benzene rings is 2. The van der Waals surface area contributed by atoms with Crippen LogP contribution in [-0.4, -0.2) is 6.03 Å². The van der Waals surface area contributed by atoms with Gasteiger partial charge in [0, 0.05) is 9.86 Å². The molecule has 0 heterocycles. The third-order valence-corrected chi connectivity index (χ3v) is 2.94. The van der Waals surface area contributed by atoms with Crippen LogP contribution in [0.25, 0.3) is 10.8 Å². The summed E-state index contributed by atoms with van der Waals surface area (Å²) in [6, 6.07) is 11.0. The topological polar surface area (TPSA) is 67.1 Å². The number of amides is 2. The lowest BCUT2D eigenvalue weighted by Crippen LogP contribution is -2.34. The van der Waals surface area contributed by atoms with E-state index in [1.165, 1.54) is 0 Å². The van der Waals surface area contributed by atoms with Crippen LogP contribution in [0.1, 0.15) is 0 Å². The second kappa shape index (κ2) is 4.51. The van der Waals surface area contributed by atoms with Crippen LogP contribution in [0.5, 0.6) is 0 Å². The molecule has 82 valence electrons. The van der Waals surface area contributed by atoms with Crippen LogP contribution in [-0.2, 0) is 0 Å². The number of halogens is 1. The Morgan fingerprint density at radius 2 is 1.81 bits per heavy atom. The number of rotatable bonds is 1. The highest BCUT2D eigenvalue weighted by atomic mass is 79.9. The standard InChI is InChI=1S/C11H10BrN3O/c12-9-5-6-10(14-11(16)15-13)8-4-2-1-3-7(8)9/h1-6H,13H2,(H2,14,15,16). The first-order chi connectivity index (χ1) is 7.72. The normalized spacial score (nSPS) is 10.1. The Bertz CT molecular complexity index is 542. The third-order valence-electron chi connectivity index (χ3n) is 2.25. The minimum Gasteiger partial charge on any atom is -0.306 e. The van der Waals surface area contributed by atoms with Gasteiger partial charge in [-0.2, -0.15) is 0 Å². The number of hydrazine groups is 1. The zero-order valence-electron chi connectivity index (χ0n) is 8.33. The van der Waals surface area contributed by atoms with Crippen molar-refractivity contribution >= 4 is 38.4 Å². The third kappa shape index (κ3) is 2.00. The number of urea groups is 1. The minimum atomic E-state index is -0.438. The number of hydrogen-bond acceptors (Lipinski definition) is 2. The number of hydrogen-bond donors (Lipinski definition) is 3. The van der Waals surface area contributed by atoms with Crippen molar-refractivity contribution in [2.24, 2.45) is 5.84 Å². The molecule has 0 unspecified atom stereocenters. The van der Waals surface area contributed by atoms with E-state index >= 15 is 0 Å². The Labute approximate surface area is 101 Å². The zero-order valence-corrected chi connectivity index (χ0v) is 9.91. The van der Waals surface area contributed by atoms with Gasteiger partial charge in [-0.25, -0.2) is 10.6 Å². The summed E-state index contributed by atoms with van der Waals surface area (Å²) in [5, 5.41) is 4.66. The number of fused-ring (bicyclic) bond motifs is 1. The van der Waals surface area contributed by atoms with E-state index in [4.69, 9.17) is 5.84 Å².